The van der Waals surface area contributed by atoms with Gasteiger partial charge in [-0.3, -0.25) is 9.78 Å². The molecule has 0 saturated heterocycles. The number of amides is 1. The first-order chi connectivity index (χ1) is 9.74. The van der Waals surface area contributed by atoms with E-state index in [1.165, 1.54) is 6.20 Å². The van der Waals surface area contributed by atoms with Gasteiger partial charge in [-0.15, -0.1) is 0 Å². The molecule has 5 nitrogen and oxygen atoms in total. The maximum atomic E-state index is 12.1. The molecule has 0 bridgehead atoms. The number of aryl methyl sites for hydroxylation is 1. The standard InChI is InChI=1S/C15H14N2O3/c1-10-7-13-14(20-6-5-19-13)8-12(10)17-15(18)11-3-2-4-16-9-11/h2-4,7-9H,5-6H2,1H3,(H,17,18). The second-order valence-electron chi connectivity index (χ2n) is 4.51. The van der Waals surface area contributed by atoms with Gasteiger partial charge in [0.25, 0.3) is 5.91 Å². The van der Waals surface area contributed by atoms with E-state index < -0.39 is 0 Å². The number of aromatic nitrogens is 1. The monoisotopic (exact) mass is 270 g/mol. The lowest BCUT2D eigenvalue weighted by molar-refractivity contribution is 0.102. The third kappa shape index (κ3) is 2.42. The van der Waals surface area contributed by atoms with E-state index in [4.69, 9.17) is 9.47 Å². The summed E-state index contributed by atoms with van der Waals surface area (Å²) in [5, 5.41) is 2.86. The number of carbonyl (C=O) groups excluding carboxylic acids is 1. The molecule has 2 aromatic rings. The molecule has 0 unspecified atom stereocenters. The first-order valence-corrected chi connectivity index (χ1v) is 6.35. The topological polar surface area (TPSA) is 60.5 Å². The van der Waals surface area contributed by atoms with Gasteiger partial charge in [0, 0.05) is 24.1 Å². The number of benzene rings is 1. The molecule has 0 radical (unpaired) electrons. The van der Waals surface area contributed by atoms with Crippen LogP contribution in [0.15, 0.2) is 36.7 Å². The summed E-state index contributed by atoms with van der Waals surface area (Å²) in [4.78, 5) is 16.0. The van der Waals surface area contributed by atoms with Gasteiger partial charge >= 0.3 is 0 Å². The molecule has 0 saturated carbocycles. The van der Waals surface area contributed by atoms with Crippen molar-refractivity contribution in [2.45, 2.75) is 6.92 Å². The smallest absolute Gasteiger partial charge is 0.257 e. The number of ether oxygens (including phenoxy) is 2. The Balaban J connectivity index is 1.86. The van der Waals surface area contributed by atoms with E-state index in [2.05, 4.69) is 10.3 Å². The summed E-state index contributed by atoms with van der Waals surface area (Å²) in [7, 11) is 0. The van der Waals surface area contributed by atoms with Crippen LogP contribution in [-0.4, -0.2) is 24.1 Å². The molecule has 0 atom stereocenters. The molecule has 2 heterocycles. The van der Waals surface area contributed by atoms with Crippen LogP contribution in [0.5, 0.6) is 11.5 Å². The minimum Gasteiger partial charge on any atom is -0.486 e. The van der Waals surface area contributed by atoms with E-state index in [-0.39, 0.29) is 5.91 Å². The number of fused-ring (bicyclic) bond motifs is 1. The second kappa shape index (κ2) is 5.21. The highest BCUT2D eigenvalue weighted by molar-refractivity contribution is 6.04. The van der Waals surface area contributed by atoms with Crippen LogP contribution in [0.2, 0.25) is 0 Å². The van der Waals surface area contributed by atoms with E-state index in [0.717, 1.165) is 5.56 Å². The molecule has 20 heavy (non-hydrogen) atoms. The first-order valence-electron chi connectivity index (χ1n) is 6.35. The van der Waals surface area contributed by atoms with E-state index in [9.17, 15) is 4.79 Å². The molecule has 0 spiro atoms. The van der Waals surface area contributed by atoms with Gasteiger partial charge in [0.05, 0.1) is 5.56 Å². The highest BCUT2D eigenvalue weighted by atomic mass is 16.6. The number of rotatable bonds is 2. The summed E-state index contributed by atoms with van der Waals surface area (Å²) in [6, 6.07) is 7.10. The molecule has 0 aliphatic carbocycles. The number of hydrogen-bond donors (Lipinski definition) is 1. The van der Waals surface area contributed by atoms with Gasteiger partial charge in [0.1, 0.15) is 13.2 Å². The first kappa shape index (κ1) is 12.5. The quantitative estimate of drug-likeness (QED) is 0.910. The van der Waals surface area contributed by atoms with Crippen molar-refractivity contribution < 1.29 is 14.3 Å². The Morgan fingerprint density at radius 2 is 2.00 bits per heavy atom. The largest absolute Gasteiger partial charge is 0.486 e. The molecule has 1 amide bonds. The third-order valence-electron chi connectivity index (χ3n) is 3.06. The maximum Gasteiger partial charge on any atom is 0.257 e. The number of carbonyl (C=O) groups is 1. The molecule has 3 rings (SSSR count). The van der Waals surface area contributed by atoms with Gasteiger partial charge in [-0.05, 0) is 30.7 Å². The average Bonchev–Trinajstić information content (AvgIpc) is 2.49. The lowest BCUT2D eigenvalue weighted by Gasteiger charge is -2.20. The number of nitrogens with one attached hydrogen (secondary N) is 1. The number of nitrogens with zero attached hydrogens (tertiary/aromatic N) is 1. The van der Waals surface area contributed by atoms with Gasteiger partial charge in [-0.2, -0.15) is 0 Å². The van der Waals surface area contributed by atoms with Crippen LogP contribution in [-0.2, 0) is 0 Å². The highest BCUT2D eigenvalue weighted by Gasteiger charge is 2.15. The van der Waals surface area contributed by atoms with Crippen molar-refractivity contribution in [1.29, 1.82) is 0 Å². The Hall–Kier alpha value is -2.56. The van der Waals surface area contributed by atoms with Crippen molar-refractivity contribution in [3.05, 3.63) is 47.8 Å². The summed E-state index contributed by atoms with van der Waals surface area (Å²) in [5.41, 5.74) is 2.15. The van der Waals surface area contributed by atoms with Crippen molar-refractivity contribution in [1.82, 2.24) is 4.98 Å². The number of hydrogen-bond acceptors (Lipinski definition) is 4. The van der Waals surface area contributed by atoms with Crippen molar-refractivity contribution in [2.75, 3.05) is 18.5 Å². The minimum absolute atomic E-state index is 0.196. The molecule has 5 heteroatoms. The Labute approximate surface area is 116 Å². The Kier molecular flexibility index (Phi) is 3.25. The van der Waals surface area contributed by atoms with Crippen LogP contribution >= 0.6 is 0 Å². The molecular formula is C15H14N2O3. The number of pyridine rings is 1. The van der Waals surface area contributed by atoms with Gasteiger partial charge in [0.15, 0.2) is 11.5 Å². The summed E-state index contributed by atoms with van der Waals surface area (Å²) in [6.07, 6.45) is 3.16. The Morgan fingerprint density at radius 3 is 2.70 bits per heavy atom. The van der Waals surface area contributed by atoms with Crippen LogP contribution < -0.4 is 14.8 Å². The summed E-state index contributed by atoms with van der Waals surface area (Å²) in [5.74, 6) is 1.18. The Bertz CT molecular complexity index is 641. The van der Waals surface area contributed by atoms with Crippen LogP contribution in [0.3, 0.4) is 0 Å². The fraction of sp³-hybridized carbons (Fsp3) is 0.200. The fourth-order valence-electron chi connectivity index (χ4n) is 2.02. The van der Waals surface area contributed by atoms with Gasteiger partial charge in [-0.1, -0.05) is 0 Å². The Morgan fingerprint density at radius 1 is 1.25 bits per heavy atom. The second-order valence-corrected chi connectivity index (χ2v) is 4.51. The lowest BCUT2D eigenvalue weighted by atomic mass is 10.1. The van der Waals surface area contributed by atoms with Crippen LogP contribution in [0.25, 0.3) is 0 Å². The zero-order valence-corrected chi connectivity index (χ0v) is 11.1. The van der Waals surface area contributed by atoms with E-state index >= 15 is 0 Å². The molecule has 1 aliphatic rings. The van der Waals surface area contributed by atoms with E-state index in [1.807, 2.05) is 13.0 Å². The predicted molar refractivity (Wildman–Crippen MR) is 74.4 cm³/mol. The minimum atomic E-state index is -0.196. The van der Waals surface area contributed by atoms with E-state index in [1.54, 1.807) is 24.4 Å². The molecule has 1 aliphatic heterocycles. The fourth-order valence-corrected chi connectivity index (χ4v) is 2.02. The summed E-state index contributed by atoms with van der Waals surface area (Å²) in [6.45, 7) is 2.98. The van der Waals surface area contributed by atoms with Crippen LogP contribution in [0.4, 0.5) is 5.69 Å². The molecule has 102 valence electrons. The SMILES string of the molecule is Cc1cc2c(cc1NC(=O)c1cccnc1)OCCO2. The average molecular weight is 270 g/mol. The zero-order valence-electron chi connectivity index (χ0n) is 11.1. The summed E-state index contributed by atoms with van der Waals surface area (Å²) >= 11 is 0. The van der Waals surface area contributed by atoms with Crippen LogP contribution in [0, 0.1) is 6.92 Å². The van der Waals surface area contributed by atoms with Gasteiger partial charge in [0.2, 0.25) is 0 Å². The molecule has 1 N–H and O–H groups in total. The predicted octanol–water partition coefficient (Wildman–Crippen LogP) is 2.41. The normalized spacial score (nSPS) is 12.8. The molecule has 1 aromatic heterocycles. The molecular weight excluding hydrogens is 256 g/mol. The van der Waals surface area contributed by atoms with Gasteiger partial charge < -0.3 is 14.8 Å². The zero-order chi connectivity index (χ0) is 13.9. The van der Waals surface area contributed by atoms with Crippen LogP contribution in [0.1, 0.15) is 15.9 Å². The third-order valence-corrected chi connectivity index (χ3v) is 3.06. The summed E-state index contributed by atoms with van der Waals surface area (Å²) < 4.78 is 11.0. The van der Waals surface area contributed by atoms with Crippen molar-refractivity contribution in [3.63, 3.8) is 0 Å². The van der Waals surface area contributed by atoms with Crippen molar-refractivity contribution in [2.24, 2.45) is 0 Å². The molecule has 1 aromatic carbocycles. The maximum absolute atomic E-state index is 12.1. The molecule has 0 fully saturated rings. The number of anilines is 1. The highest BCUT2D eigenvalue weighted by Crippen LogP contribution is 2.35. The lowest BCUT2D eigenvalue weighted by Crippen LogP contribution is -2.17. The van der Waals surface area contributed by atoms with E-state index in [0.29, 0.717) is 36.0 Å². The van der Waals surface area contributed by atoms with Crippen molar-refractivity contribution >= 4 is 11.6 Å². The van der Waals surface area contributed by atoms with Gasteiger partial charge in [-0.25, -0.2) is 0 Å². The van der Waals surface area contributed by atoms with Crippen molar-refractivity contribution in [3.8, 4) is 11.5 Å².